The molecule has 1 rings (SSSR count). The van der Waals surface area contributed by atoms with Gasteiger partial charge < -0.3 is 9.84 Å². The summed E-state index contributed by atoms with van der Waals surface area (Å²) in [5, 5.41) is 9.09. The maximum atomic E-state index is 9.09. The fraction of sp³-hybridized carbons (Fsp3) is 1.00. The monoisotopic (exact) mass is 205 g/mol. The summed E-state index contributed by atoms with van der Waals surface area (Å²) in [6.45, 7) is 3.79. The molecule has 0 aromatic carbocycles. The highest BCUT2D eigenvalue weighted by Gasteiger charge is 2.21. The van der Waals surface area contributed by atoms with Gasteiger partial charge in [0.05, 0.1) is 25.9 Å². The average molecular weight is 205 g/mol. The average Bonchev–Trinajstić information content (AvgIpc) is 2.19. The molecule has 3 nitrogen and oxygen atoms in total. The molecule has 1 fully saturated rings. The Kier molecular flexibility index (Phi) is 5.78. The molecule has 13 heavy (non-hydrogen) atoms. The lowest BCUT2D eigenvalue weighted by atomic mass is 10.2. The highest BCUT2D eigenvalue weighted by Crippen LogP contribution is 2.08. The number of thioether (sulfide) groups is 1. The lowest BCUT2D eigenvalue weighted by molar-refractivity contribution is -0.0270. The van der Waals surface area contributed by atoms with Crippen LogP contribution in [0.1, 0.15) is 6.42 Å². The van der Waals surface area contributed by atoms with E-state index in [2.05, 4.69) is 11.2 Å². The minimum atomic E-state index is 0.221. The van der Waals surface area contributed by atoms with Crippen LogP contribution in [-0.2, 0) is 4.74 Å². The predicted octanol–water partition coefficient (Wildman–Crippen LogP) is 0.433. The van der Waals surface area contributed by atoms with E-state index in [1.807, 2.05) is 11.8 Å². The molecule has 1 aliphatic heterocycles. The Hall–Kier alpha value is 0.230. The lowest BCUT2D eigenvalue weighted by Crippen LogP contribution is -2.47. The highest BCUT2D eigenvalue weighted by molar-refractivity contribution is 7.98. The second kappa shape index (κ2) is 6.65. The third kappa shape index (κ3) is 3.85. The van der Waals surface area contributed by atoms with Crippen LogP contribution in [0.2, 0.25) is 0 Å². The van der Waals surface area contributed by atoms with Crippen molar-refractivity contribution >= 4 is 11.8 Å². The summed E-state index contributed by atoms with van der Waals surface area (Å²) in [6.07, 6.45) is 3.33. The van der Waals surface area contributed by atoms with Crippen molar-refractivity contribution in [1.29, 1.82) is 0 Å². The van der Waals surface area contributed by atoms with Gasteiger partial charge in [-0.15, -0.1) is 0 Å². The van der Waals surface area contributed by atoms with Gasteiger partial charge in [0.25, 0.3) is 0 Å². The number of ether oxygens (including phenoxy) is 1. The summed E-state index contributed by atoms with van der Waals surface area (Å²) >= 11 is 1.88. The second-order valence-corrected chi connectivity index (χ2v) is 4.28. The van der Waals surface area contributed by atoms with Crippen molar-refractivity contribution in [2.75, 3.05) is 44.9 Å². The zero-order chi connectivity index (χ0) is 9.52. The van der Waals surface area contributed by atoms with Crippen LogP contribution in [0, 0.1) is 0 Å². The molecule has 1 N–H and O–H groups in total. The van der Waals surface area contributed by atoms with Crippen LogP contribution in [0.3, 0.4) is 0 Å². The molecule has 1 saturated heterocycles. The first-order valence-electron chi connectivity index (χ1n) is 4.80. The Morgan fingerprint density at radius 2 is 2.46 bits per heavy atom. The predicted molar refractivity (Wildman–Crippen MR) is 56.3 cm³/mol. The molecule has 0 bridgehead atoms. The van der Waals surface area contributed by atoms with E-state index >= 15 is 0 Å². The Morgan fingerprint density at radius 3 is 3.15 bits per heavy atom. The first-order chi connectivity index (χ1) is 6.38. The molecule has 0 radical (unpaired) electrons. The van der Waals surface area contributed by atoms with Gasteiger partial charge in [-0.2, -0.15) is 11.8 Å². The molecular weight excluding hydrogens is 186 g/mol. The Morgan fingerprint density at radius 1 is 1.62 bits per heavy atom. The van der Waals surface area contributed by atoms with Gasteiger partial charge in [-0.25, -0.2) is 0 Å². The third-order valence-electron chi connectivity index (χ3n) is 2.35. The topological polar surface area (TPSA) is 32.7 Å². The zero-order valence-corrected chi connectivity index (χ0v) is 9.05. The molecule has 0 amide bonds. The van der Waals surface area contributed by atoms with Gasteiger partial charge in [-0.3, -0.25) is 4.90 Å². The van der Waals surface area contributed by atoms with E-state index < -0.39 is 0 Å². The van der Waals surface area contributed by atoms with Crippen LogP contribution < -0.4 is 0 Å². The van der Waals surface area contributed by atoms with Crippen molar-refractivity contribution in [3.8, 4) is 0 Å². The molecule has 1 heterocycles. The fourth-order valence-electron chi connectivity index (χ4n) is 1.56. The van der Waals surface area contributed by atoms with E-state index in [-0.39, 0.29) is 12.6 Å². The summed E-state index contributed by atoms with van der Waals surface area (Å²) in [5.41, 5.74) is 0. The first kappa shape index (κ1) is 11.3. The van der Waals surface area contributed by atoms with E-state index in [1.54, 1.807) is 0 Å². The molecule has 1 aliphatic rings. The van der Waals surface area contributed by atoms with Gasteiger partial charge in [0.15, 0.2) is 0 Å². The van der Waals surface area contributed by atoms with E-state index in [1.165, 1.54) is 12.2 Å². The van der Waals surface area contributed by atoms with Crippen molar-refractivity contribution in [2.45, 2.75) is 12.5 Å². The number of rotatable bonds is 5. The second-order valence-electron chi connectivity index (χ2n) is 3.29. The smallest absolute Gasteiger partial charge is 0.0644 e. The molecule has 0 aromatic heterocycles. The molecule has 4 heteroatoms. The van der Waals surface area contributed by atoms with Crippen molar-refractivity contribution in [1.82, 2.24) is 4.90 Å². The Bertz CT molecular complexity index is 135. The largest absolute Gasteiger partial charge is 0.395 e. The maximum absolute atomic E-state index is 9.09. The lowest BCUT2D eigenvalue weighted by Gasteiger charge is -2.34. The zero-order valence-electron chi connectivity index (χ0n) is 8.24. The normalized spacial score (nSPS) is 24.9. The van der Waals surface area contributed by atoms with Crippen molar-refractivity contribution in [3.05, 3.63) is 0 Å². The number of hydrogen-bond donors (Lipinski definition) is 1. The van der Waals surface area contributed by atoms with Crippen molar-refractivity contribution in [2.24, 2.45) is 0 Å². The van der Waals surface area contributed by atoms with Gasteiger partial charge in [0, 0.05) is 6.54 Å². The van der Waals surface area contributed by atoms with Crippen molar-refractivity contribution in [3.63, 3.8) is 0 Å². The summed E-state index contributed by atoms with van der Waals surface area (Å²) in [6, 6.07) is 0.232. The van der Waals surface area contributed by atoms with Crippen LogP contribution >= 0.6 is 11.8 Å². The summed E-state index contributed by atoms with van der Waals surface area (Å²) in [5.74, 6) is 1.20. The number of aliphatic hydroxyl groups excluding tert-OH is 1. The maximum Gasteiger partial charge on any atom is 0.0644 e. The van der Waals surface area contributed by atoms with Crippen LogP contribution in [0.5, 0.6) is 0 Å². The summed E-state index contributed by atoms with van der Waals surface area (Å²) in [4.78, 5) is 2.33. The van der Waals surface area contributed by atoms with E-state index in [4.69, 9.17) is 9.84 Å². The summed E-state index contributed by atoms with van der Waals surface area (Å²) < 4.78 is 5.30. The molecule has 0 saturated carbocycles. The van der Waals surface area contributed by atoms with Crippen LogP contribution in [0.4, 0.5) is 0 Å². The van der Waals surface area contributed by atoms with E-state index in [0.717, 1.165) is 19.7 Å². The minimum absolute atomic E-state index is 0.221. The Labute approximate surface area is 84.4 Å². The third-order valence-corrected chi connectivity index (χ3v) is 3.05. The highest BCUT2D eigenvalue weighted by atomic mass is 32.2. The number of hydrogen-bond acceptors (Lipinski definition) is 4. The summed E-state index contributed by atoms with van der Waals surface area (Å²) in [7, 11) is 0. The van der Waals surface area contributed by atoms with Gasteiger partial charge in [0.2, 0.25) is 0 Å². The van der Waals surface area contributed by atoms with Crippen LogP contribution in [-0.4, -0.2) is 61.0 Å². The van der Waals surface area contributed by atoms with E-state index in [0.29, 0.717) is 6.61 Å². The quantitative estimate of drug-likeness (QED) is 0.660. The van der Waals surface area contributed by atoms with Crippen LogP contribution in [0.15, 0.2) is 0 Å². The number of nitrogens with zero attached hydrogens (tertiary/aromatic N) is 1. The molecule has 1 atom stereocenters. The molecule has 78 valence electrons. The number of aliphatic hydroxyl groups is 1. The number of morpholine rings is 1. The molecule has 0 spiro atoms. The van der Waals surface area contributed by atoms with Crippen LogP contribution in [0.25, 0.3) is 0 Å². The minimum Gasteiger partial charge on any atom is -0.395 e. The fourth-order valence-corrected chi connectivity index (χ4v) is 1.98. The standard InChI is InChI=1S/C9H19NO2S/c1-13-6-2-3-10-4-5-12-8-9(10)7-11/h9,11H,2-8H2,1H3. The SMILES string of the molecule is CSCCCN1CCOCC1CO. The van der Waals surface area contributed by atoms with Gasteiger partial charge >= 0.3 is 0 Å². The molecule has 1 unspecified atom stereocenters. The molecule has 0 aliphatic carbocycles. The van der Waals surface area contributed by atoms with Gasteiger partial charge in [-0.1, -0.05) is 0 Å². The first-order valence-corrected chi connectivity index (χ1v) is 6.19. The van der Waals surface area contributed by atoms with Gasteiger partial charge in [0.1, 0.15) is 0 Å². The van der Waals surface area contributed by atoms with Crippen molar-refractivity contribution < 1.29 is 9.84 Å². The molecule has 0 aromatic rings. The Balaban J connectivity index is 2.19. The van der Waals surface area contributed by atoms with Gasteiger partial charge in [-0.05, 0) is 25.0 Å². The molecular formula is C9H19NO2S. The van der Waals surface area contributed by atoms with E-state index in [9.17, 15) is 0 Å².